The van der Waals surface area contributed by atoms with Gasteiger partial charge in [0.2, 0.25) is 5.89 Å². The Balaban J connectivity index is 1.29. The summed E-state index contributed by atoms with van der Waals surface area (Å²) in [5.41, 5.74) is 1.37. The van der Waals surface area contributed by atoms with E-state index in [4.69, 9.17) is 9.26 Å². The molecule has 6 nitrogen and oxygen atoms in total. The normalized spacial score (nSPS) is 22.9. The summed E-state index contributed by atoms with van der Waals surface area (Å²) in [4.78, 5) is 11.1. The van der Waals surface area contributed by atoms with Crippen LogP contribution >= 0.6 is 0 Å². The molecule has 0 N–H and O–H groups in total. The second kappa shape index (κ2) is 7.40. The SMILES string of the molecule is c1cc(CC2CCN(Cc3noc(C4CCOCC4)n3)C2)ccn1. The summed E-state index contributed by atoms with van der Waals surface area (Å²) < 4.78 is 10.9. The summed E-state index contributed by atoms with van der Waals surface area (Å²) in [6, 6.07) is 4.23. The maximum absolute atomic E-state index is 5.49. The maximum Gasteiger partial charge on any atom is 0.229 e. The molecule has 0 aromatic carbocycles. The van der Waals surface area contributed by atoms with E-state index < -0.39 is 0 Å². The molecule has 0 radical (unpaired) electrons. The highest BCUT2D eigenvalue weighted by Gasteiger charge is 2.26. The molecule has 4 heterocycles. The van der Waals surface area contributed by atoms with Gasteiger partial charge in [-0.05, 0) is 55.8 Å². The monoisotopic (exact) mass is 328 g/mol. The maximum atomic E-state index is 5.49. The number of nitrogens with zero attached hydrogens (tertiary/aromatic N) is 4. The second-order valence-corrected chi connectivity index (χ2v) is 6.88. The van der Waals surface area contributed by atoms with E-state index in [9.17, 15) is 0 Å². The van der Waals surface area contributed by atoms with E-state index in [0.717, 1.165) is 63.8 Å². The fraction of sp³-hybridized carbons (Fsp3) is 0.611. The van der Waals surface area contributed by atoms with Crippen molar-refractivity contribution in [3.63, 3.8) is 0 Å². The molecule has 0 bridgehead atoms. The lowest BCUT2D eigenvalue weighted by atomic mass is 10.00. The number of rotatable bonds is 5. The van der Waals surface area contributed by atoms with E-state index in [0.29, 0.717) is 11.8 Å². The Bertz CT molecular complexity index is 639. The molecule has 0 saturated carbocycles. The van der Waals surface area contributed by atoms with Crippen molar-refractivity contribution in [1.82, 2.24) is 20.0 Å². The third-order valence-electron chi connectivity index (χ3n) is 5.06. The molecule has 2 aliphatic heterocycles. The smallest absolute Gasteiger partial charge is 0.229 e. The average molecular weight is 328 g/mol. The van der Waals surface area contributed by atoms with Crippen LogP contribution in [0.25, 0.3) is 0 Å². The van der Waals surface area contributed by atoms with Crippen LogP contribution in [0.3, 0.4) is 0 Å². The molecular formula is C18H24N4O2. The van der Waals surface area contributed by atoms with Gasteiger partial charge in [-0.1, -0.05) is 5.16 Å². The lowest BCUT2D eigenvalue weighted by Crippen LogP contribution is -2.21. The lowest BCUT2D eigenvalue weighted by Gasteiger charge is -2.18. The molecule has 24 heavy (non-hydrogen) atoms. The fourth-order valence-corrected chi connectivity index (χ4v) is 3.72. The molecule has 2 fully saturated rings. The van der Waals surface area contributed by atoms with Crippen molar-refractivity contribution < 1.29 is 9.26 Å². The summed E-state index contributed by atoms with van der Waals surface area (Å²) >= 11 is 0. The highest BCUT2D eigenvalue weighted by Crippen LogP contribution is 2.26. The van der Waals surface area contributed by atoms with E-state index in [-0.39, 0.29) is 0 Å². The van der Waals surface area contributed by atoms with Gasteiger partial charge in [-0.2, -0.15) is 4.98 Å². The molecule has 1 unspecified atom stereocenters. The number of ether oxygens (including phenoxy) is 1. The number of pyridine rings is 1. The molecule has 128 valence electrons. The molecule has 4 rings (SSSR count). The van der Waals surface area contributed by atoms with Gasteiger partial charge in [0.1, 0.15) is 0 Å². The summed E-state index contributed by atoms with van der Waals surface area (Å²) in [5, 5.41) is 4.19. The van der Waals surface area contributed by atoms with Crippen molar-refractivity contribution in [2.24, 2.45) is 5.92 Å². The Hall–Kier alpha value is -1.79. The van der Waals surface area contributed by atoms with Crippen molar-refractivity contribution in [3.8, 4) is 0 Å². The van der Waals surface area contributed by atoms with E-state index in [1.165, 1.54) is 12.0 Å². The Kier molecular flexibility index (Phi) is 4.85. The van der Waals surface area contributed by atoms with Gasteiger partial charge in [0.15, 0.2) is 5.82 Å². The minimum absolute atomic E-state index is 0.373. The zero-order chi connectivity index (χ0) is 16.2. The van der Waals surface area contributed by atoms with Crippen LogP contribution in [0.2, 0.25) is 0 Å². The first-order valence-electron chi connectivity index (χ1n) is 8.88. The second-order valence-electron chi connectivity index (χ2n) is 6.88. The number of hydrogen-bond acceptors (Lipinski definition) is 6. The highest BCUT2D eigenvalue weighted by atomic mass is 16.5. The van der Waals surface area contributed by atoms with E-state index in [1.54, 1.807) is 0 Å². The number of aromatic nitrogens is 3. The molecule has 2 saturated heterocycles. The van der Waals surface area contributed by atoms with Crippen LogP contribution in [-0.4, -0.2) is 46.3 Å². The van der Waals surface area contributed by atoms with Crippen LogP contribution in [-0.2, 0) is 17.7 Å². The Morgan fingerprint density at radius 2 is 1.96 bits per heavy atom. The standard InChI is InChI=1S/C18H24N4O2/c1-6-19-7-2-14(1)11-15-3-8-22(12-15)13-17-20-18(24-21-17)16-4-9-23-10-5-16/h1-2,6-7,15-16H,3-5,8-13H2. The van der Waals surface area contributed by atoms with Crippen molar-refractivity contribution >= 4 is 0 Å². The zero-order valence-electron chi connectivity index (χ0n) is 13.9. The Labute approximate surface area is 142 Å². The molecule has 0 amide bonds. The van der Waals surface area contributed by atoms with Gasteiger partial charge in [0.25, 0.3) is 0 Å². The van der Waals surface area contributed by atoms with Crippen LogP contribution < -0.4 is 0 Å². The van der Waals surface area contributed by atoms with Crippen molar-refractivity contribution in [2.75, 3.05) is 26.3 Å². The number of hydrogen-bond donors (Lipinski definition) is 0. The first kappa shape index (κ1) is 15.7. The van der Waals surface area contributed by atoms with Crippen molar-refractivity contribution in [1.29, 1.82) is 0 Å². The third-order valence-corrected chi connectivity index (χ3v) is 5.06. The van der Waals surface area contributed by atoms with Gasteiger partial charge >= 0.3 is 0 Å². The Morgan fingerprint density at radius 1 is 1.12 bits per heavy atom. The minimum atomic E-state index is 0.373. The van der Waals surface area contributed by atoms with Gasteiger partial charge < -0.3 is 9.26 Å². The van der Waals surface area contributed by atoms with Crippen molar-refractivity contribution in [2.45, 2.75) is 38.1 Å². The molecule has 2 aromatic heterocycles. The lowest BCUT2D eigenvalue weighted by molar-refractivity contribution is 0.0778. The average Bonchev–Trinajstić information content (AvgIpc) is 3.27. The molecule has 2 aliphatic rings. The zero-order valence-corrected chi connectivity index (χ0v) is 13.9. The van der Waals surface area contributed by atoms with Gasteiger partial charge in [0.05, 0.1) is 6.54 Å². The van der Waals surface area contributed by atoms with E-state index in [2.05, 4.69) is 32.2 Å². The molecule has 2 aromatic rings. The molecule has 1 atom stereocenters. The third kappa shape index (κ3) is 3.82. The first-order chi connectivity index (χ1) is 11.9. The van der Waals surface area contributed by atoms with E-state index in [1.807, 2.05) is 12.4 Å². The predicted octanol–water partition coefficient (Wildman–Crippen LogP) is 2.42. The first-order valence-corrected chi connectivity index (χ1v) is 8.88. The van der Waals surface area contributed by atoms with Gasteiger partial charge in [-0.25, -0.2) is 0 Å². The summed E-state index contributed by atoms with van der Waals surface area (Å²) in [6.07, 6.45) is 8.07. The van der Waals surface area contributed by atoms with Crippen LogP contribution in [0, 0.1) is 5.92 Å². The predicted molar refractivity (Wildman–Crippen MR) is 88.4 cm³/mol. The van der Waals surface area contributed by atoms with Crippen molar-refractivity contribution in [3.05, 3.63) is 41.8 Å². The van der Waals surface area contributed by atoms with Gasteiger partial charge in [-0.3, -0.25) is 9.88 Å². The Morgan fingerprint density at radius 3 is 2.79 bits per heavy atom. The topological polar surface area (TPSA) is 64.3 Å². The molecule has 6 heteroatoms. The summed E-state index contributed by atoms with van der Waals surface area (Å²) in [7, 11) is 0. The summed E-state index contributed by atoms with van der Waals surface area (Å²) in [5.74, 6) is 2.69. The van der Waals surface area contributed by atoms with Crippen LogP contribution in [0.4, 0.5) is 0 Å². The molecule has 0 aliphatic carbocycles. The molecular weight excluding hydrogens is 304 g/mol. The van der Waals surface area contributed by atoms with Crippen LogP contribution in [0.15, 0.2) is 29.0 Å². The van der Waals surface area contributed by atoms with E-state index >= 15 is 0 Å². The van der Waals surface area contributed by atoms with Crippen LogP contribution in [0.1, 0.15) is 42.5 Å². The quantitative estimate of drug-likeness (QED) is 0.840. The van der Waals surface area contributed by atoms with Gasteiger partial charge in [0, 0.05) is 38.1 Å². The van der Waals surface area contributed by atoms with Crippen LogP contribution in [0.5, 0.6) is 0 Å². The summed E-state index contributed by atoms with van der Waals surface area (Å²) in [6.45, 7) is 4.59. The molecule has 0 spiro atoms. The largest absolute Gasteiger partial charge is 0.381 e. The fourth-order valence-electron chi connectivity index (χ4n) is 3.72. The highest BCUT2D eigenvalue weighted by molar-refractivity contribution is 5.11. The van der Waals surface area contributed by atoms with Gasteiger partial charge in [-0.15, -0.1) is 0 Å². The minimum Gasteiger partial charge on any atom is -0.381 e. The number of likely N-dealkylation sites (tertiary alicyclic amines) is 1.